The first kappa shape index (κ1) is 25.2. The number of pyridine rings is 1. The third-order valence-corrected chi connectivity index (χ3v) is 7.00. The molecule has 2 aliphatic rings. The van der Waals surface area contributed by atoms with Gasteiger partial charge in [0.1, 0.15) is 23.0 Å². The van der Waals surface area contributed by atoms with Crippen LogP contribution in [0.15, 0.2) is 60.6 Å². The summed E-state index contributed by atoms with van der Waals surface area (Å²) in [5.41, 5.74) is 8.45. The van der Waals surface area contributed by atoms with Crippen molar-refractivity contribution in [3.05, 3.63) is 72.1 Å². The van der Waals surface area contributed by atoms with E-state index in [4.69, 9.17) is 10.7 Å². The Kier molecular flexibility index (Phi) is 7.22. The molecule has 2 unspecified atom stereocenters. The van der Waals surface area contributed by atoms with Crippen LogP contribution in [-0.4, -0.2) is 42.6 Å². The van der Waals surface area contributed by atoms with Crippen LogP contribution in [-0.2, 0) is 9.59 Å². The molecule has 9 heteroatoms. The number of nitrogen functional groups attached to an aromatic ring is 1. The lowest BCUT2D eigenvalue weighted by molar-refractivity contribution is -0.126. The van der Waals surface area contributed by atoms with Gasteiger partial charge in [0.15, 0.2) is 0 Å². The third kappa shape index (κ3) is 4.90. The molecule has 3 aromatic rings. The second-order valence-electron chi connectivity index (χ2n) is 9.63. The fourth-order valence-corrected chi connectivity index (χ4v) is 5.14. The normalized spacial score (nSPS) is 20.6. The number of carbonyl (C=O) groups excluding carboxylic acids is 2. The second-order valence-corrected chi connectivity index (χ2v) is 9.63. The molecule has 9 nitrogen and oxygen atoms in total. The van der Waals surface area contributed by atoms with E-state index in [1.165, 1.54) is 0 Å². The molecule has 0 spiro atoms. The smallest absolute Gasteiger partial charge is 0.299 e. The van der Waals surface area contributed by atoms with Crippen molar-refractivity contribution >= 4 is 29.0 Å². The zero-order valence-corrected chi connectivity index (χ0v) is 21.6. The summed E-state index contributed by atoms with van der Waals surface area (Å²) in [6.45, 7) is 4.74. The Morgan fingerprint density at radius 3 is 2.87 bits per heavy atom. The average molecular weight is 510 g/mol. The van der Waals surface area contributed by atoms with Crippen LogP contribution in [0.5, 0.6) is 0 Å². The van der Waals surface area contributed by atoms with Gasteiger partial charge in [-0.3, -0.25) is 14.0 Å². The Labute approximate surface area is 221 Å². The molecule has 4 heterocycles. The number of nitrogens with one attached hydrogen (secondary N) is 1. The van der Waals surface area contributed by atoms with Gasteiger partial charge in [-0.05, 0) is 43.2 Å². The fourth-order valence-electron chi connectivity index (χ4n) is 5.14. The first-order valence-corrected chi connectivity index (χ1v) is 13.0. The number of nitrogens with zero attached hydrogens (tertiary/aromatic N) is 5. The maximum Gasteiger partial charge on any atom is 0.299 e. The Bertz CT molecular complexity index is 1480. The summed E-state index contributed by atoms with van der Waals surface area (Å²) < 4.78 is 1.96. The first-order chi connectivity index (χ1) is 18.5. The second kappa shape index (κ2) is 10.9. The van der Waals surface area contributed by atoms with E-state index in [2.05, 4.69) is 27.1 Å². The number of amides is 2. The molecule has 38 heavy (non-hydrogen) atoms. The van der Waals surface area contributed by atoms with Crippen LogP contribution in [0.4, 0.5) is 11.6 Å². The maximum atomic E-state index is 12.9. The standard InChI is InChI=1S/C29H31N7O2/c1-3-4-5-11-24(37)35-16-8-9-22(35)28-34-25(26-27(30)32-15-17-36(26)28)21-13-12-20(18-19(21)2)29(38)33-23-10-6-7-14-31-23/h6-7,10,12-15,17-19,21-22H,3-4,8-9,16H2,1-2H3,(H2,30,32)(H,31,33,38)/t19?,21?,22-/m0/s1. The first-order valence-electron chi connectivity index (χ1n) is 13.0. The van der Waals surface area contributed by atoms with Gasteiger partial charge in [0, 0.05) is 43.0 Å². The molecule has 3 aromatic heterocycles. The number of hydrogen-bond donors (Lipinski definition) is 2. The summed E-state index contributed by atoms with van der Waals surface area (Å²) in [5.74, 6) is 6.87. The number of likely N-dealkylation sites (tertiary alicyclic amines) is 1. The highest BCUT2D eigenvalue weighted by Crippen LogP contribution is 2.39. The van der Waals surface area contributed by atoms with Crippen LogP contribution in [0, 0.1) is 17.8 Å². The summed E-state index contributed by atoms with van der Waals surface area (Å²) in [6, 6.07) is 5.17. The van der Waals surface area contributed by atoms with Crippen molar-refractivity contribution in [3.63, 3.8) is 0 Å². The Morgan fingerprint density at radius 2 is 2.11 bits per heavy atom. The number of hydrogen-bond acceptors (Lipinski definition) is 6. The summed E-state index contributed by atoms with van der Waals surface area (Å²) in [7, 11) is 0. The lowest BCUT2D eigenvalue weighted by atomic mass is 9.84. The van der Waals surface area contributed by atoms with Crippen LogP contribution in [0.3, 0.4) is 0 Å². The number of rotatable bonds is 5. The number of allylic oxidation sites excluding steroid dienone is 2. The largest absolute Gasteiger partial charge is 0.382 e. The fraction of sp³-hybridized carbons (Fsp3) is 0.345. The van der Waals surface area contributed by atoms with Gasteiger partial charge >= 0.3 is 0 Å². The predicted molar refractivity (Wildman–Crippen MR) is 146 cm³/mol. The van der Waals surface area contributed by atoms with Crippen molar-refractivity contribution in [2.45, 2.75) is 51.5 Å². The van der Waals surface area contributed by atoms with Crippen molar-refractivity contribution in [1.82, 2.24) is 24.3 Å². The zero-order chi connectivity index (χ0) is 26.6. The SMILES string of the molecule is CCCC#CC(=O)N1CCC[C@H]1c1nc(C2C=CC(C(=O)Nc3ccccn3)=CC2C)c2c(N)nccn12. The van der Waals surface area contributed by atoms with Crippen molar-refractivity contribution in [3.8, 4) is 11.8 Å². The van der Waals surface area contributed by atoms with Gasteiger partial charge in [-0.15, -0.1) is 0 Å². The van der Waals surface area contributed by atoms with Crippen LogP contribution < -0.4 is 11.1 Å². The number of anilines is 2. The zero-order valence-electron chi connectivity index (χ0n) is 21.6. The average Bonchev–Trinajstić information content (AvgIpc) is 3.55. The molecule has 1 saturated heterocycles. The number of unbranched alkanes of at least 4 members (excludes halogenated alkanes) is 1. The highest BCUT2D eigenvalue weighted by atomic mass is 16.2. The lowest BCUT2D eigenvalue weighted by Gasteiger charge is -2.22. The van der Waals surface area contributed by atoms with Crippen LogP contribution in [0.2, 0.25) is 0 Å². The molecule has 0 radical (unpaired) electrons. The molecule has 3 N–H and O–H groups in total. The Morgan fingerprint density at radius 1 is 1.24 bits per heavy atom. The van der Waals surface area contributed by atoms with Gasteiger partial charge in [0.05, 0.1) is 11.7 Å². The van der Waals surface area contributed by atoms with E-state index in [1.54, 1.807) is 24.5 Å². The van der Waals surface area contributed by atoms with E-state index >= 15 is 0 Å². The minimum absolute atomic E-state index is 0.0307. The van der Waals surface area contributed by atoms with E-state index in [1.807, 2.05) is 53.6 Å². The predicted octanol–water partition coefficient (Wildman–Crippen LogP) is 4.03. The third-order valence-electron chi connectivity index (χ3n) is 7.00. The molecular weight excluding hydrogens is 478 g/mol. The molecule has 0 saturated carbocycles. The van der Waals surface area contributed by atoms with E-state index in [0.717, 1.165) is 36.3 Å². The molecule has 3 atom stereocenters. The maximum absolute atomic E-state index is 12.9. The summed E-state index contributed by atoms with van der Waals surface area (Å²) in [5, 5.41) is 2.83. The molecule has 194 valence electrons. The van der Waals surface area contributed by atoms with Gasteiger partial charge in [-0.2, -0.15) is 0 Å². The van der Waals surface area contributed by atoms with E-state index in [9.17, 15) is 9.59 Å². The highest BCUT2D eigenvalue weighted by Gasteiger charge is 2.35. The number of nitrogens with two attached hydrogens (primary N) is 1. The Balaban J connectivity index is 1.45. The van der Waals surface area contributed by atoms with Crippen molar-refractivity contribution in [2.24, 2.45) is 5.92 Å². The highest BCUT2D eigenvalue weighted by molar-refractivity contribution is 6.05. The Hall–Kier alpha value is -4.45. The molecule has 1 aliphatic carbocycles. The summed E-state index contributed by atoms with van der Waals surface area (Å²) in [4.78, 5) is 41.1. The molecule has 5 rings (SSSR count). The monoisotopic (exact) mass is 509 g/mol. The summed E-state index contributed by atoms with van der Waals surface area (Å²) >= 11 is 0. The molecular formula is C29H31N7O2. The van der Waals surface area contributed by atoms with Gasteiger partial charge < -0.3 is 16.0 Å². The van der Waals surface area contributed by atoms with E-state index in [-0.39, 0.29) is 29.7 Å². The quantitative estimate of drug-likeness (QED) is 0.502. The molecule has 1 fully saturated rings. The van der Waals surface area contributed by atoms with E-state index in [0.29, 0.717) is 30.2 Å². The van der Waals surface area contributed by atoms with Crippen molar-refractivity contribution in [2.75, 3.05) is 17.6 Å². The van der Waals surface area contributed by atoms with Crippen molar-refractivity contribution in [1.29, 1.82) is 0 Å². The molecule has 0 aromatic carbocycles. The number of fused-ring (bicyclic) bond motifs is 1. The van der Waals surface area contributed by atoms with Crippen LogP contribution >= 0.6 is 0 Å². The minimum Gasteiger partial charge on any atom is -0.382 e. The number of imidazole rings is 1. The minimum atomic E-state index is -0.217. The van der Waals surface area contributed by atoms with Crippen LogP contribution in [0.25, 0.3) is 5.52 Å². The number of carbonyl (C=O) groups is 2. The number of aromatic nitrogens is 4. The van der Waals surface area contributed by atoms with Gasteiger partial charge in [-0.1, -0.05) is 44.1 Å². The van der Waals surface area contributed by atoms with Gasteiger partial charge in [-0.25, -0.2) is 15.0 Å². The lowest BCUT2D eigenvalue weighted by Crippen LogP contribution is -2.30. The molecule has 2 amide bonds. The van der Waals surface area contributed by atoms with Crippen LogP contribution in [0.1, 0.15) is 63.0 Å². The van der Waals surface area contributed by atoms with Gasteiger partial charge in [0.2, 0.25) is 0 Å². The summed E-state index contributed by atoms with van der Waals surface area (Å²) in [6.07, 6.45) is 14.2. The topological polar surface area (TPSA) is 119 Å². The van der Waals surface area contributed by atoms with E-state index < -0.39 is 0 Å². The molecule has 1 aliphatic heterocycles. The van der Waals surface area contributed by atoms with Gasteiger partial charge in [0.25, 0.3) is 11.8 Å². The van der Waals surface area contributed by atoms with Crippen molar-refractivity contribution < 1.29 is 9.59 Å². The molecule has 0 bridgehead atoms.